The fraction of sp³-hybridized carbons (Fsp3) is 0.211. The van der Waals surface area contributed by atoms with Gasteiger partial charge in [0, 0.05) is 6.54 Å². The minimum absolute atomic E-state index is 0.0950. The highest BCUT2D eigenvalue weighted by Crippen LogP contribution is 2.29. The molecule has 1 heterocycles. The zero-order chi connectivity index (χ0) is 19.2. The third-order valence-electron chi connectivity index (χ3n) is 3.96. The summed E-state index contributed by atoms with van der Waals surface area (Å²) in [6.07, 6.45) is 0. The van der Waals surface area contributed by atoms with E-state index in [2.05, 4.69) is 15.5 Å². The molecule has 140 valence electrons. The first-order valence-corrected chi connectivity index (χ1v) is 9.36. The number of methoxy groups -OCH3 is 1. The lowest BCUT2D eigenvalue weighted by Crippen LogP contribution is -2.25. The van der Waals surface area contributed by atoms with Gasteiger partial charge >= 0.3 is 0 Å². The number of aryl methyl sites for hydroxylation is 1. The van der Waals surface area contributed by atoms with Gasteiger partial charge in [-0.2, -0.15) is 0 Å². The highest BCUT2D eigenvalue weighted by molar-refractivity contribution is 7.99. The molecule has 0 bridgehead atoms. The maximum atomic E-state index is 12.1. The van der Waals surface area contributed by atoms with E-state index in [1.807, 2.05) is 55.5 Å². The quantitative estimate of drug-likeness (QED) is 0.480. The first-order chi connectivity index (χ1) is 13.1. The van der Waals surface area contributed by atoms with Crippen LogP contribution in [0.4, 0.5) is 0 Å². The second-order valence-corrected chi connectivity index (χ2v) is 6.87. The van der Waals surface area contributed by atoms with Crippen LogP contribution in [-0.2, 0) is 11.3 Å². The van der Waals surface area contributed by atoms with Crippen LogP contribution in [0.1, 0.15) is 11.1 Å². The van der Waals surface area contributed by atoms with Crippen molar-refractivity contribution in [1.82, 2.24) is 20.2 Å². The van der Waals surface area contributed by atoms with Crippen molar-refractivity contribution in [1.29, 1.82) is 0 Å². The number of nitrogens with zero attached hydrogens (tertiary/aromatic N) is 3. The molecular formula is C19H21N5O2S. The Morgan fingerprint density at radius 2 is 1.93 bits per heavy atom. The van der Waals surface area contributed by atoms with Gasteiger partial charge in [0.05, 0.1) is 18.4 Å². The van der Waals surface area contributed by atoms with Crippen molar-refractivity contribution in [2.45, 2.75) is 18.6 Å². The largest absolute Gasteiger partial charge is 0.496 e. The number of benzene rings is 2. The lowest BCUT2D eigenvalue weighted by Gasteiger charge is -2.08. The number of nitrogens with two attached hydrogens (primary N) is 1. The van der Waals surface area contributed by atoms with Crippen molar-refractivity contribution in [3.63, 3.8) is 0 Å². The van der Waals surface area contributed by atoms with Gasteiger partial charge in [0.15, 0.2) is 5.82 Å². The molecule has 1 amide bonds. The zero-order valence-electron chi connectivity index (χ0n) is 15.2. The molecule has 0 saturated carbocycles. The van der Waals surface area contributed by atoms with Crippen molar-refractivity contribution < 1.29 is 9.53 Å². The molecule has 3 N–H and O–H groups in total. The summed E-state index contributed by atoms with van der Waals surface area (Å²) >= 11 is 1.23. The number of nitrogen functional groups attached to an aromatic ring is 1. The van der Waals surface area contributed by atoms with Crippen LogP contribution in [0.25, 0.3) is 11.4 Å². The highest BCUT2D eigenvalue weighted by atomic mass is 32.2. The lowest BCUT2D eigenvalue weighted by molar-refractivity contribution is -0.118. The Hall–Kier alpha value is -3.00. The van der Waals surface area contributed by atoms with E-state index < -0.39 is 0 Å². The van der Waals surface area contributed by atoms with Gasteiger partial charge in [-0.1, -0.05) is 53.7 Å². The number of para-hydroxylation sites is 1. The molecule has 3 rings (SSSR count). The predicted octanol–water partition coefficient (Wildman–Crippen LogP) is 2.38. The monoisotopic (exact) mass is 383 g/mol. The molecule has 0 aliphatic carbocycles. The van der Waals surface area contributed by atoms with Gasteiger partial charge in [-0.05, 0) is 24.6 Å². The highest BCUT2D eigenvalue weighted by Gasteiger charge is 2.16. The van der Waals surface area contributed by atoms with Crippen molar-refractivity contribution in [2.75, 3.05) is 18.7 Å². The van der Waals surface area contributed by atoms with Crippen molar-refractivity contribution in [3.8, 4) is 17.1 Å². The first-order valence-electron chi connectivity index (χ1n) is 8.37. The van der Waals surface area contributed by atoms with Crippen LogP contribution in [0.15, 0.2) is 53.7 Å². The maximum absolute atomic E-state index is 12.1. The van der Waals surface area contributed by atoms with Crippen LogP contribution in [0.3, 0.4) is 0 Å². The fourth-order valence-electron chi connectivity index (χ4n) is 2.48. The molecule has 27 heavy (non-hydrogen) atoms. The minimum Gasteiger partial charge on any atom is -0.496 e. The van der Waals surface area contributed by atoms with Gasteiger partial charge in [0.25, 0.3) is 0 Å². The van der Waals surface area contributed by atoms with E-state index >= 15 is 0 Å². The Balaban J connectivity index is 1.59. The Morgan fingerprint density at radius 1 is 1.19 bits per heavy atom. The second-order valence-electron chi connectivity index (χ2n) is 5.93. The molecule has 0 aliphatic heterocycles. The average Bonchev–Trinajstić information content (AvgIpc) is 3.06. The van der Waals surface area contributed by atoms with Gasteiger partial charge in [0.1, 0.15) is 5.75 Å². The standard InChI is InChI=1S/C19H21N5O2S/c1-13-7-9-14(10-8-13)11-21-17(25)12-27-19-23-22-18(24(19)20)15-5-3-4-6-16(15)26-2/h3-10H,11-12,20H2,1-2H3,(H,21,25). The van der Waals surface area contributed by atoms with E-state index in [0.717, 1.165) is 11.1 Å². The molecule has 7 nitrogen and oxygen atoms in total. The molecular weight excluding hydrogens is 362 g/mol. The Bertz CT molecular complexity index is 924. The molecule has 2 aromatic carbocycles. The average molecular weight is 383 g/mol. The molecule has 8 heteroatoms. The van der Waals surface area contributed by atoms with Gasteiger partial charge in [-0.25, -0.2) is 4.68 Å². The minimum atomic E-state index is -0.0950. The van der Waals surface area contributed by atoms with E-state index in [-0.39, 0.29) is 11.7 Å². The van der Waals surface area contributed by atoms with E-state index in [4.69, 9.17) is 10.6 Å². The number of amides is 1. The van der Waals surface area contributed by atoms with E-state index in [1.54, 1.807) is 7.11 Å². The number of carbonyl (C=O) groups is 1. The smallest absolute Gasteiger partial charge is 0.230 e. The van der Waals surface area contributed by atoms with E-state index in [0.29, 0.717) is 23.3 Å². The summed E-state index contributed by atoms with van der Waals surface area (Å²) in [6, 6.07) is 15.5. The molecule has 0 radical (unpaired) electrons. The van der Waals surface area contributed by atoms with E-state index in [9.17, 15) is 4.79 Å². The van der Waals surface area contributed by atoms with Crippen molar-refractivity contribution >= 4 is 17.7 Å². The van der Waals surface area contributed by atoms with Crippen LogP contribution in [-0.4, -0.2) is 33.6 Å². The number of hydrogen-bond donors (Lipinski definition) is 2. The third kappa shape index (κ3) is 4.59. The second kappa shape index (κ2) is 8.59. The summed E-state index contributed by atoms with van der Waals surface area (Å²) < 4.78 is 6.71. The van der Waals surface area contributed by atoms with Crippen LogP contribution in [0.2, 0.25) is 0 Å². The van der Waals surface area contributed by atoms with Crippen LogP contribution in [0.5, 0.6) is 5.75 Å². The number of nitrogens with one attached hydrogen (secondary N) is 1. The summed E-state index contributed by atoms with van der Waals surface area (Å²) in [5.74, 6) is 7.35. The normalized spacial score (nSPS) is 10.6. The molecule has 0 saturated heterocycles. The van der Waals surface area contributed by atoms with Gasteiger partial charge < -0.3 is 15.9 Å². The van der Waals surface area contributed by atoms with Crippen LogP contribution in [0, 0.1) is 6.92 Å². The number of hydrogen-bond acceptors (Lipinski definition) is 6. The van der Waals surface area contributed by atoms with Crippen LogP contribution < -0.4 is 15.9 Å². The number of ether oxygens (including phenoxy) is 1. The third-order valence-corrected chi connectivity index (χ3v) is 4.90. The van der Waals surface area contributed by atoms with Gasteiger partial charge in [-0.15, -0.1) is 10.2 Å². The molecule has 0 fully saturated rings. The van der Waals surface area contributed by atoms with Crippen molar-refractivity contribution in [2.24, 2.45) is 0 Å². The Labute approximate surface area is 161 Å². The van der Waals surface area contributed by atoms with Crippen LogP contribution >= 0.6 is 11.8 Å². The van der Waals surface area contributed by atoms with E-state index in [1.165, 1.54) is 22.0 Å². The first kappa shape index (κ1) is 18.8. The van der Waals surface area contributed by atoms with Crippen molar-refractivity contribution in [3.05, 3.63) is 59.7 Å². The summed E-state index contributed by atoms with van der Waals surface area (Å²) in [7, 11) is 1.59. The fourth-order valence-corrected chi connectivity index (χ4v) is 3.16. The topological polar surface area (TPSA) is 95.1 Å². The summed E-state index contributed by atoms with van der Waals surface area (Å²) in [5.41, 5.74) is 2.99. The predicted molar refractivity (Wildman–Crippen MR) is 106 cm³/mol. The summed E-state index contributed by atoms with van der Waals surface area (Å²) in [4.78, 5) is 12.1. The molecule has 1 aromatic heterocycles. The number of thioether (sulfide) groups is 1. The molecule has 0 atom stereocenters. The Kier molecular flexibility index (Phi) is 5.97. The van der Waals surface area contributed by atoms with Gasteiger partial charge in [-0.3, -0.25) is 4.79 Å². The molecule has 3 aromatic rings. The Morgan fingerprint density at radius 3 is 2.67 bits per heavy atom. The SMILES string of the molecule is COc1ccccc1-c1nnc(SCC(=O)NCc2ccc(C)cc2)n1N. The maximum Gasteiger partial charge on any atom is 0.230 e. The zero-order valence-corrected chi connectivity index (χ0v) is 16.0. The number of aromatic nitrogens is 3. The number of carbonyl (C=O) groups excluding carboxylic acids is 1. The molecule has 0 unspecified atom stereocenters. The molecule has 0 aliphatic rings. The lowest BCUT2D eigenvalue weighted by atomic mass is 10.1. The van der Waals surface area contributed by atoms with Gasteiger partial charge in [0.2, 0.25) is 11.1 Å². The molecule has 0 spiro atoms. The number of rotatable bonds is 7. The summed E-state index contributed by atoms with van der Waals surface area (Å²) in [6.45, 7) is 2.52. The summed E-state index contributed by atoms with van der Waals surface area (Å²) in [5, 5.41) is 11.6.